The average molecular weight is 390 g/mol. The molecule has 2 aromatic rings. The fraction of sp³-hybridized carbons (Fsp3) is 0. The number of aromatic nitrogens is 1. The molecule has 21 heavy (non-hydrogen) atoms. The van der Waals surface area contributed by atoms with E-state index in [-0.39, 0.29) is 27.0 Å². The minimum absolute atomic E-state index is 0.0327. The van der Waals surface area contributed by atoms with Crippen LogP contribution in [0.1, 0.15) is 20.8 Å². The summed E-state index contributed by atoms with van der Waals surface area (Å²) in [5.41, 5.74) is 0.246. The number of anilines is 1. The molecule has 0 fully saturated rings. The summed E-state index contributed by atoms with van der Waals surface area (Å²) in [4.78, 5) is 26.8. The molecular formula is C13H7BrCl2N2O3. The number of carboxylic acids is 1. The minimum atomic E-state index is -1.16. The molecule has 0 unspecified atom stereocenters. The smallest absolute Gasteiger partial charge is 0.335 e. The van der Waals surface area contributed by atoms with E-state index >= 15 is 0 Å². The van der Waals surface area contributed by atoms with E-state index < -0.39 is 11.9 Å². The standard InChI is InChI=1S/C13H7BrCl2N2O3/c14-7-1-2-10(17-5-7)12(19)18-11-8(15)3-6(13(20)21)4-9(11)16/h1-5H,(H,18,19)(H,20,21). The highest BCUT2D eigenvalue weighted by atomic mass is 79.9. The lowest BCUT2D eigenvalue weighted by Gasteiger charge is -2.10. The van der Waals surface area contributed by atoms with Gasteiger partial charge in [-0.3, -0.25) is 4.79 Å². The Morgan fingerprint density at radius 2 is 1.81 bits per heavy atom. The lowest BCUT2D eigenvalue weighted by molar-refractivity contribution is 0.0696. The number of carboxylic acid groups (broad SMARTS) is 1. The van der Waals surface area contributed by atoms with E-state index in [9.17, 15) is 9.59 Å². The van der Waals surface area contributed by atoms with Gasteiger partial charge in [0.1, 0.15) is 5.69 Å². The zero-order valence-electron chi connectivity index (χ0n) is 10.2. The molecule has 0 radical (unpaired) electrons. The van der Waals surface area contributed by atoms with Crippen molar-refractivity contribution in [3.63, 3.8) is 0 Å². The number of aromatic carboxylic acids is 1. The number of rotatable bonds is 3. The minimum Gasteiger partial charge on any atom is -0.478 e. The van der Waals surface area contributed by atoms with Gasteiger partial charge in [-0.15, -0.1) is 0 Å². The Labute approximate surface area is 138 Å². The Kier molecular flexibility index (Phi) is 4.82. The van der Waals surface area contributed by atoms with Crippen molar-refractivity contribution in [1.82, 2.24) is 4.98 Å². The Bertz CT molecular complexity index is 697. The van der Waals surface area contributed by atoms with E-state index in [1.54, 1.807) is 6.07 Å². The number of pyridine rings is 1. The molecule has 0 saturated heterocycles. The molecule has 8 heteroatoms. The molecule has 2 rings (SSSR count). The van der Waals surface area contributed by atoms with Gasteiger partial charge in [0.05, 0.1) is 21.3 Å². The maximum Gasteiger partial charge on any atom is 0.335 e. The van der Waals surface area contributed by atoms with E-state index in [0.29, 0.717) is 0 Å². The van der Waals surface area contributed by atoms with E-state index in [2.05, 4.69) is 26.2 Å². The first-order valence-corrected chi connectivity index (χ1v) is 7.08. The third kappa shape index (κ3) is 3.72. The molecule has 0 spiro atoms. The second-order valence-electron chi connectivity index (χ2n) is 3.94. The number of hydrogen-bond acceptors (Lipinski definition) is 3. The predicted molar refractivity (Wildman–Crippen MR) is 83.3 cm³/mol. The summed E-state index contributed by atoms with van der Waals surface area (Å²) < 4.78 is 0.737. The first-order chi connectivity index (χ1) is 9.88. The van der Waals surface area contributed by atoms with Crippen LogP contribution in [0.3, 0.4) is 0 Å². The highest BCUT2D eigenvalue weighted by Gasteiger charge is 2.16. The van der Waals surface area contributed by atoms with Gasteiger partial charge in [-0.05, 0) is 40.2 Å². The van der Waals surface area contributed by atoms with E-state index in [1.165, 1.54) is 24.4 Å². The average Bonchev–Trinajstić information content (AvgIpc) is 2.43. The summed E-state index contributed by atoms with van der Waals surface area (Å²) in [6, 6.07) is 5.60. The number of carbonyl (C=O) groups excluding carboxylic acids is 1. The molecule has 108 valence electrons. The van der Waals surface area contributed by atoms with Crippen LogP contribution >= 0.6 is 39.1 Å². The van der Waals surface area contributed by atoms with Gasteiger partial charge < -0.3 is 10.4 Å². The molecule has 0 atom stereocenters. The van der Waals surface area contributed by atoms with Gasteiger partial charge in [0.25, 0.3) is 5.91 Å². The molecule has 2 N–H and O–H groups in total. The van der Waals surface area contributed by atoms with Gasteiger partial charge >= 0.3 is 5.97 Å². The maximum atomic E-state index is 12.0. The molecule has 1 aromatic carbocycles. The molecule has 5 nitrogen and oxygen atoms in total. The number of nitrogens with one attached hydrogen (secondary N) is 1. The molecule has 1 heterocycles. The van der Waals surface area contributed by atoms with E-state index in [1.807, 2.05) is 0 Å². The molecule has 0 bridgehead atoms. The number of nitrogens with zero attached hydrogens (tertiary/aromatic N) is 1. The van der Waals surface area contributed by atoms with Gasteiger partial charge in [0.2, 0.25) is 0 Å². The van der Waals surface area contributed by atoms with Crippen LogP contribution < -0.4 is 5.32 Å². The Morgan fingerprint density at radius 1 is 1.19 bits per heavy atom. The normalized spacial score (nSPS) is 10.2. The number of carbonyl (C=O) groups is 2. The summed E-state index contributed by atoms with van der Waals surface area (Å²) in [5.74, 6) is -1.67. The summed E-state index contributed by atoms with van der Waals surface area (Å²) in [6.45, 7) is 0. The van der Waals surface area contributed by atoms with Crippen molar-refractivity contribution in [1.29, 1.82) is 0 Å². The second kappa shape index (κ2) is 6.43. The van der Waals surface area contributed by atoms with E-state index in [4.69, 9.17) is 28.3 Å². The number of benzene rings is 1. The van der Waals surface area contributed by atoms with Crippen LogP contribution in [0, 0.1) is 0 Å². The molecule has 1 aromatic heterocycles. The summed E-state index contributed by atoms with van der Waals surface area (Å²) in [6.07, 6.45) is 1.48. The molecule has 0 aliphatic heterocycles. The quantitative estimate of drug-likeness (QED) is 0.828. The van der Waals surface area contributed by atoms with Crippen LogP contribution in [-0.2, 0) is 0 Å². The SMILES string of the molecule is O=C(O)c1cc(Cl)c(NC(=O)c2ccc(Br)cn2)c(Cl)c1. The highest BCUT2D eigenvalue weighted by molar-refractivity contribution is 9.10. The topological polar surface area (TPSA) is 79.3 Å². The fourth-order valence-corrected chi connectivity index (χ4v) is 2.32. The van der Waals surface area contributed by atoms with Crippen LogP contribution in [0.2, 0.25) is 10.0 Å². The zero-order valence-corrected chi connectivity index (χ0v) is 13.3. The van der Waals surface area contributed by atoms with Gasteiger partial charge in [0, 0.05) is 10.7 Å². The Hall–Kier alpha value is -1.63. The highest BCUT2D eigenvalue weighted by Crippen LogP contribution is 2.32. The van der Waals surface area contributed by atoms with Gasteiger partial charge in [-0.25, -0.2) is 9.78 Å². The number of halogens is 3. The number of amides is 1. The lowest BCUT2D eigenvalue weighted by Crippen LogP contribution is -2.14. The summed E-state index contributed by atoms with van der Waals surface area (Å²) >= 11 is 15.1. The maximum absolute atomic E-state index is 12.0. The van der Waals surface area contributed by atoms with Crippen LogP contribution in [0.15, 0.2) is 34.9 Å². The molecule has 0 saturated carbocycles. The largest absolute Gasteiger partial charge is 0.478 e. The molecule has 0 aliphatic rings. The third-order valence-electron chi connectivity index (χ3n) is 2.49. The first kappa shape index (κ1) is 15.8. The zero-order chi connectivity index (χ0) is 15.6. The van der Waals surface area contributed by atoms with Crippen LogP contribution in [0.4, 0.5) is 5.69 Å². The van der Waals surface area contributed by atoms with Crippen LogP contribution in [0.5, 0.6) is 0 Å². The predicted octanol–water partition coefficient (Wildman–Crippen LogP) is 4.10. The van der Waals surface area contributed by atoms with Crippen molar-refractivity contribution in [2.45, 2.75) is 0 Å². The molecule has 1 amide bonds. The summed E-state index contributed by atoms with van der Waals surface area (Å²) in [7, 11) is 0. The van der Waals surface area contributed by atoms with Crippen molar-refractivity contribution in [2.24, 2.45) is 0 Å². The van der Waals surface area contributed by atoms with Crippen molar-refractivity contribution in [2.75, 3.05) is 5.32 Å². The van der Waals surface area contributed by atoms with Gasteiger partial charge in [-0.1, -0.05) is 23.2 Å². The van der Waals surface area contributed by atoms with Crippen molar-refractivity contribution in [3.8, 4) is 0 Å². The summed E-state index contributed by atoms with van der Waals surface area (Å²) in [5, 5.41) is 11.5. The Balaban J connectivity index is 2.29. The van der Waals surface area contributed by atoms with Crippen LogP contribution in [-0.4, -0.2) is 22.0 Å². The van der Waals surface area contributed by atoms with Gasteiger partial charge in [0.15, 0.2) is 0 Å². The van der Waals surface area contributed by atoms with Gasteiger partial charge in [-0.2, -0.15) is 0 Å². The fourth-order valence-electron chi connectivity index (χ4n) is 1.50. The lowest BCUT2D eigenvalue weighted by atomic mass is 10.2. The first-order valence-electron chi connectivity index (χ1n) is 5.53. The van der Waals surface area contributed by atoms with Crippen molar-refractivity contribution >= 4 is 56.7 Å². The van der Waals surface area contributed by atoms with Crippen molar-refractivity contribution < 1.29 is 14.7 Å². The van der Waals surface area contributed by atoms with Crippen molar-refractivity contribution in [3.05, 3.63) is 56.2 Å². The number of hydrogen-bond donors (Lipinski definition) is 2. The third-order valence-corrected chi connectivity index (χ3v) is 3.55. The molecular weight excluding hydrogens is 383 g/mol. The molecule has 0 aliphatic carbocycles. The second-order valence-corrected chi connectivity index (χ2v) is 5.67. The van der Waals surface area contributed by atoms with Crippen LogP contribution in [0.25, 0.3) is 0 Å². The Morgan fingerprint density at radius 3 is 2.29 bits per heavy atom. The van der Waals surface area contributed by atoms with E-state index in [0.717, 1.165) is 4.47 Å². The monoisotopic (exact) mass is 388 g/mol.